The molecule has 1 aliphatic heterocycles. The molecule has 0 radical (unpaired) electrons. The Kier molecular flexibility index (Phi) is 4.88. The highest BCUT2D eigenvalue weighted by Crippen LogP contribution is 2.58. The van der Waals surface area contributed by atoms with Crippen molar-refractivity contribution in [3.05, 3.63) is 124 Å². The van der Waals surface area contributed by atoms with Gasteiger partial charge in [0.05, 0.1) is 18.4 Å². The zero-order valence-corrected chi connectivity index (χ0v) is 19.4. The lowest BCUT2D eigenvalue weighted by Gasteiger charge is -2.22. The molecular formula is C31H27NO2. The summed E-state index contributed by atoms with van der Waals surface area (Å²) in [5.41, 5.74) is 8.09. The molecule has 0 unspecified atom stereocenters. The lowest BCUT2D eigenvalue weighted by molar-refractivity contribution is -0.141. The van der Waals surface area contributed by atoms with Crippen molar-refractivity contribution in [2.45, 2.75) is 20.4 Å². The number of amides is 2. The van der Waals surface area contributed by atoms with Crippen molar-refractivity contribution in [3.8, 4) is 0 Å². The number of hydrogen-bond donors (Lipinski definition) is 0. The van der Waals surface area contributed by atoms with Crippen molar-refractivity contribution in [3.63, 3.8) is 0 Å². The molecule has 2 bridgehead atoms. The third-order valence-electron chi connectivity index (χ3n) is 7.66. The van der Waals surface area contributed by atoms with Crippen LogP contribution in [-0.2, 0) is 16.1 Å². The van der Waals surface area contributed by atoms with Crippen molar-refractivity contribution < 1.29 is 9.59 Å². The molecule has 1 heterocycles. The first kappa shape index (κ1) is 20.9. The first-order valence-corrected chi connectivity index (χ1v) is 12.0. The Labute approximate surface area is 200 Å². The van der Waals surface area contributed by atoms with Gasteiger partial charge in [-0.25, -0.2) is 0 Å². The number of likely N-dealkylation sites (tertiary alicyclic amines) is 1. The van der Waals surface area contributed by atoms with Crippen LogP contribution in [0.1, 0.15) is 27.8 Å². The number of imide groups is 1. The zero-order chi connectivity index (χ0) is 23.4. The Bertz CT molecular complexity index is 1250. The Morgan fingerprint density at radius 2 is 1.15 bits per heavy atom. The minimum Gasteiger partial charge on any atom is -0.278 e. The molecule has 0 N–H and O–H groups in total. The van der Waals surface area contributed by atoms with E-state index < -0.39 is 0 Å². The minimum absolute atomic E-state index is 0.0274. The molecule has 3 aliphatic rings. The summed E-state index contributed by atoms with van der Waals surface area (Å²) in [5, 5.41) is 0. The molecule has 2 aliphatic carbocycles. The predicted molar refractivity (Wildman–Crippen MR) is 133 cm³/mol. The lowest BCUT2D eigenvalue weighted by Crippen LogP contribution is -2.32. The van der Waals surface area contributed by atoms with E-state index in [4.69, 9.17) is 0 Å². The van der Waals surface area contributed by atoms with Crippen LogP contribution in [-0.4, -0.2) is 16.7 Å². The van der Waals surface area contributed by atoms with Gasteiger partial charge in [-0.15, -0.1) is 0 Å². The van der Waals surface area contributed by atoms with Gasteiger partial charge in [0, 0.05) is 11.8 Å². The fourth-order valence-corrected chi connectivity index (χ4v) is 6.02. The molecule has 0 spiro atoms. The number of carbonyl (C=O) groups excluding carboxylic acids is 2. The van der Waals surface area contributed by atoms with E-state index in [-0.39, 0.29) is 35.5 Å². The van der Waals surface area contributed by atoms with Gasteiger partial charge in [0.25, 0.3) is 0 Å². The van der Waals surface area contributed by atoms with Gasteiger partial charge in [0.2, 0.25) is 11.8 Å². The minimum atomic E-state index is -0.299. The largest absolute Gasteiger partial charge is 0.278 e. The van der Waals surface area contributed by atoms with Crippen molar-refractivity contribution in [2.24, 2.45) is 23.7 Å². The van der Waals surface area contributed by atoms with Gasteiger partial charge in [0.15, 0.2) is 0 Å². The number of allylic oxidation sites excluding steroid dienone is 3. The highest BCUT2D eigenvalue weighted by molar-refractivity contribution is 6.08. The van der Waals surface area contributed by atoms with Crippen molar-refractivity contribution in [1.29, 1.82) is 0 Å². The van der Waals surface area contributed by atoms with Crippen LogP contribution in [0.2, 0.25) is 0 Å². The molecule has 3 heteroatoms. The maximum absolute atomic E-state index is 13.6. The van der Waals surface area contributed by atoms with Crippen LogP contribution in [0.25, 0.3) is 5.57 Å². The van der Waals surface area contributed by atoms with Crippen LogP contribution in [0.4, 0.5) is 0 Å². The highest BCUT2D eigenvalue weighted by atomic mass is 16.2. The Hall–Kier alpha value is -3.72. The normalized spacial score (nSPS) is 24.8. The lowest BCUT2D eigenvalue weighted by atomic mass is 9.85. The van der Waals surface area contributed by atoms with Crippen LogP contribution in [0.5, 0.6) is 0 Å². The second-order valence-electron chi connectivity index (χ2n) is 9.80. The summed E-state index contributed by atoms with van der Waals surface area (Å²) in [6.45, 7) is 4.53. The molecule has 168 valence electrons. The first-order chi connectivity index (χ1) is 16.5. The van der Waals surface area contributed by atoms with Gasteiger partial charge in [-0.3, -0.25) is 14.5 Å². The molecule has 0 aromatic heterocycles. The van der Waals surface area contributed by atoms with Crippen molar-refractivity contribution >= 4 is 17.4 Å². The Balaban J connectivity index is 1.44. The molecule has 1 saturated carbocycles. The van der Waals surface area contributed by atoms with E-state index >= 15 is 0 Å². The Morgan fingerprint density at radius 1 is 0.676 bits per heavy atom. The zero-order valence-electron chi connectivity index (χ0n) is 19.4. The smallest absolute Gasteiger partial charge is 0.234 e. The average Bonchev–Trinajstić information content (AvgIpc) is 3.48. The molecule has 4 atom stereocenters. The summed E-state index contributed by atoms with van der Waals surface area (Å²) in [6.07, 6.45) is 4.33. The van der Waals surface area contributed by atoms with Gasteiger partial charge >= 0.3 is 0 Å². The fourth-order valence-electron chi connectivity index (χ4n) is 6.02. The highest BCUT2D eigenvalue weighted by Gasteiger charge is 2.62. The van der Waals surface area contributed by atoms with Crippen LogP contribution in [0, 0.1) is 37.5 Å². The number of carbonyl (C=O) groups is 2. The first-order valence-electron chi connectivity index (χ1n) is 12.0. The van der Waals surface area contributed by atoms with E-state index in [1.807, 2.05) is 30.3 Å². The molecule has 6 rings (SSSR count). The Morgan fingerprint density at radius 3 is 1.62 bits per heavy atom. The summed E-state index contributed by atoms with van der Waals surface area (Å²) < 4.78 is 0. The topological polar surface area (TPSA) is 37.4 Å². The molecule has 34 heavy (non-hydrogen) atoms. The summed E-state index contributed by atoms with van der Waals surface area (Å²) in [6, 6.07) is 27.0. The van der Waals surface area contributed by atoms with Crippen LogP contribution in [0.15, 0.2) is 96.6 Å². The molecule has 1 saturated heterocycles. The van der Waals surface area contributed by atoms with Crippen molar-refractivity contribution in [1.82, 2.24) is 4.90 Å². The summed E-state index contributed by atoms with van der Waals surface area (Å²) in [7, 11) is 0. The molecular weight excluding hydrogens is 418 g/mol. The summed E-state index contributed by atoms with van der Waals surface area (Å²) >= 11 is 0. The SMILES string of the molecule is Cc1ccc(C(=C2[C@@H]3C=C[C@@H]2[C@@H]2C(=O)N(Cc4ccccc4)C(=O)[C@H]23)c2ccc(C)cc2)cc1. The molecule has 3 aromatic rings. The van der Waals surface area contributed by atoms with Gasteiger partial charge < -0.3 is 0 Å². The van der Waals surface area contributed by atoms with E-state index in [0.717, 1.165) is 16.7 Å². The second kappa shape index (κ2) is 7.95. The number of benzene rings is 3. The molecule has 2 fully saturated rings. The standard InChI is InChI=1S/C31H27NO2/c1-19-8-12-22(13-9-19)26(23-14-10-20(2)11-15-23)27-24-16-17-25(27)29-28(24)30(33)32(31(29)34)18-21-6-4-3-5-7-21/h3-17,24-25,28-29H,18H2,1-2H3/t24-,25-,28-,29-/m0/s1. The van der Waals surface area contributed by atoms with Crippen LogP contribution in [0.3, 0.4) is 0 Å². The quantitative estimate of drug-likeness (QED) is 0.380. The fraction of sp³-hybridized carbons (Fsp3) is 0.226. The maximum Gasteiger partial charge on any atom is 0.234 e. The molecule has 2 amide bonds. The van der Waals surface area contributed by atoms with E-state index in [2.05, 4.69) is 74.5 Å². The summed E-state index contributed by atoms with van der Waals surface area (Å²) in [4.78, 5) is 28.6. The van der Waals surface area contributed by atoms with Gasteiger partial charge in [-0.1, -0.05) is 102 Å². The van der Waals surface area contributed by atoms with E-state index in [1.54, 1.807) is 0 Å². The molecule has 3 nitrogen and oxygen atoms in total. The van der Waals surface area contributed by atoms with E-state index in [9.17, 15) is 9.59 Å². The van der Waals surface area contributed by atoms with Crippen LogP contribution >= 0.6 is 0 Å². The third-order valence-corrected chi connectivity index (χ3v) is 7.66. The third kappa shape index (κ3) is 3.19. The second-order valence-corrected chi connectivity index (χ2v) is 9.80. The van der Waals surface area contributed by atoms with Crippen molar-refractivity contribution in [2.75, 3.05) is 0 Å². The van der Waals surface area contributed by atoms with E-state index in [1.165, 1.54) is 27.2 Å². The van der Waals surface area contributed by atoms with Gasteiger partial charge in [0.1, 0.15) is 0 Å². The number of nitrogens with zero attached hydrogens (tertiary/aromatic N) is 1. The van der Waals surface area contributed by atoms with E-state index in [0.29, 0.717) is 6.54 Å². The number of aryl methyl sites for hydroxylation is 2. The van der Waals surface area contributed by atoms with Crippen LogP contribution < -0.4 is 0 Å². The number of fused-ring (bicyclic) bond motifs is 5. The average molecular weight is 446 g/mol. The maximum atomic E-state index is 13.6. The van der Waals surface area contributed by atoms with Gasteiger partial charge in [-0.05, 0) is 41.7 Å². The predicted octanol–water partition coefficient (Wildman–Crippen LogP) is 5.72. The number of rotatable bonds is 4. The monoisotopic (exact) mass is 445 g/mol. The van der Waals surface area contributed by atoms with Gasteiger partial charge in [-0.2, -0.15) is 0 Å². The summed E-state index contributed by atoms with van der Waals surface area (Å²) in [5.74, 6) is -0.727. The molecule has 3 aromatic carbocycles. The number of hydrogen-bond acceptors (Lipinski definition) is 2.